The first kappa shape index (κ1) is 18.2. The Bertz CT molecular complexity index is 521. The number of hydrogen-bond acceptors (Lipinski definition) is 4. The number of amides is 1. The zero-order valence-corrected chi connectivity index (χ0v) is 11.5. The third-order valence-corrected chi connectivity index (χ3v) is 2.70. The van der Waals surface area contributed by atoms with Gasteiger partial charge in [0, 0.05) is 25.1 Å². The van der Waals surface area contributed by atoms with Crippen LogP contribution in [0.1, 0.15) is 25.0 Å². The number of alkyl halides is 3. The van der Waals surface area contributed by atoms with Gasteiger partial charge in [0.2, 0.25) is 5.91 Å². The molecule has 0 saturated carbocycles. The molecule has 2 unspecified atom stereocenters. The third-order valence-electron chi connectivity index (χ3n) is 2.70. The molecule has 0 aliphatic rings. The number of carbonyl (C=O) groups excluding carboxylic acids is 1. The lowest BCUT2D eigenvalue weighted by molar-refractivity contribution is -0.274. The summed E-state index contributed by atoms with van der Waals surface area (Å²) in [5, 5.41) is 21.9. The van der Waals surface area contributed by atoms with E-state index in [1.54, 1.807) is 0 Å². The summed E-state index contributed by atoms with van der Waals surface area (Å²) in [5.74, 6) is -2.25. The molecule has 9 heteroatoms. The van der Waals surface area contributed by atoms with Gasteiger partial charge in [-0.05, 0) is 18.6 Å². The van der Waals surface area contributed by atoms with E-state index in [0.717, 1.165) is 12.1 Å². The molecule has 0 aromatic heterocycles. The van der Waals surface area contributed by atoms with Crippen LogP contribution in [0.2, 0.25) is 0 Å². The molecule has 3 N–H and O–H groups in total. The molecule has 1 rings (SSSR count). The zero-order chi connectivity index (χ0) is 16.9. The Morgan fingerprint density at radius 1 is 1.36 bits per heavy atom. The number of hydrogen-bond donors (Lipinski definition) is 3. The number of rotatable bonds is 6. The second-order valence-electron chi connectivity index (χ2n) is 4.51. The second-order valence-corrected chi connectivity index (χ2v) is 4.51. The van der Waals surface area contributed by atoms with Crippen LogP contribution in [0.15, 0.2) is 18.2 Å². The van der Waals surface area contributed by atoms with Crippen LogP contribution in [0.4, 0.5) is 17.6 Å². The van der Waals surface area contributed by atoms with Crippen molar-refractivity contribution in [2.75, 3.05) is 6.54 Å². The molecule has 0 spiro atoms. The van der Waals surface area contributed by atoms with Gasteiger partial charge in [-0.2, -0.15) is 0 Å². The summed E-state index contributed by atoms with van der Waals surface area (Å²) >= 11 is 0. The van der Waals surface area contributed by atoms with Crippen LogP contribution in [0, 0.1) is 5.82 Å². The molecule has 0 aliphatic heterocycles. The minimum Gasteiger partial charge on any atom is -0.406 e. The molecule has 5 nitrogen and oxygen atoms in total. The second kappa shape index (κ2) is 7.41. The largest absolute Gasteiger partial charge is 0.573 e. The summed E-state index contributed by atoms with van der Waals surface area (Å²) in [7, 11) is 0. The molecule has 0 bridgehead atoms. The van der Waals surface area contributed by atoms with Gasteiger partial charge < -0.3 is 20.3 Å². The SMILES string of the molecule is CC(=O)NCCC(O)C(O)c1ccc(OC(F)(F)F)cc1F. The van der Waals surface area contributed by atoms with Crippen molar-refractivity contribution in [2.24, 2.45) is 0 Å². The normalized spacial score (nSPS) is 14.3. The molecule has 0 fully saturated rings. The third kappa shape index (κ3) is 5.86. The molecule has 1 aromatic carbocycles. The maximum Gasteiger partial charge on any atom is 0.573 e. The highest BCUT2D eigenvalue weighted by Crippen LogP contribution is 2.28. The molecule has 2 atom stereocenters. The molecule has 0 radical (unpaired) electrons. The lowest BCUT2D eigenvalue weighted by Gasteiger charge is -2.19. The van der Waals surface area contributed by atoms with Crippen molar-refractivity contribution in [1.82, 2.24) is 5.32 Å². The Labute approximate surface area is 123 Å². The van der Waals surface area contributed by atoms with E-state index in [4.69, 9.17) is 0 Å². The average Bonchev–Trinajstić information content (AvgIpc) is 2.35. The fraction of sp³-hybridized carbons (Fsp3) is 0.462. The van der Waals surface area contributed by atoms with Crippen molar-refractivity contribution in [3.8, 4) is 5.75 Å². The lowest BCUT2D eigenvalue weighted by atomic mass is 10.0. The van der Waals surface area contributed by atoms with Crippen LogP contribution < -0.4 is 10.1 Å². The average molecular weight is 325 g/mol. The van der Waals surface area contributed by atoms with Crippen molar-refractivity contribution in [1.29, 1.82) is 0 Å². The fourth-order valence-corrected chi connectivity index (χ4v) is 1.71. The Hall–Kier alpha value is -1.87. The van der Waals surface area contributed by atoms with Crippen molar-refractivity contribution < 1.29 is 37.3 Å². The standard InChI is InChI=1S/C13H15F4NO4/c1-7(19)18-5-4-11(20)12(21)9-3-2-8(6-10(9)14)22-13(15,16)17/h2-3,6,11-12,20-21H,4-5H2,1H3,(H,18,19). The molecule has 1 amide bonds. The highest BCUT2D eigenvalue weighted by atomic mass is 19.4. The number of carbonyl (C=O) groups is 1. The molecule has 22 heavy (non-hydrogen) atoms. The predicted octanol–water partition coefficient (Wildman–Crippen LogP) is 1.64. The smallest absolute Gasteiger partial charge is 0.406 e. The maximum atomic E-state index is 13.7. The Morgan fingerprint density at radius 3 is 2.50 bits per heavy atom. The number of benzene rings is 1. The number of halogens is 4. The van der Waals surface area contributed by atoms with Gasteiger partial charge in [-0.25, -0.2) is 4.39 Å². The number of nitrogens with one attached hydrogen (secondary N) is 1. The highest BCUT2D eigenvalue weighted by Gasteiger charge is 2.31. The van der Waals surface area contributed by atoms with E-state index in [-0.39, 0.29) is 24.4 Å². The van der Waals surface area contributed by atoms with E-state index in [1.165, 1.54) is 6.92 Å². The number of aliphatic hydroxyl groups is 2. The van der Waals surface area contributed by atoms with Gasteiger partial charge in [0.1, 0.15) is 17.7 Å². The van der Waals surface area contributed by atoms with E-state index in [2.05, 4.69) is 10.1 Å². The summed E-state index contributed by atoms with van der Waals surface area (Å²) in [6, 6.07) is 2.19. The first-order valence-corrected chi connectivity index (χ1v) is 6.26. The van der Waals surface area contributed by atoms with Crippen molar-refractivity contribution >= 4 is 5.91 Å². The van der Waals surface area contributed by atoms with E-state index in [1.807, 2.05) is 0 Å². The van der Waals surface area contributed by atoms with E-state index < -0.39 is 30.1 Å². The molecular formula is C13H15F4NO4. The summed E-state index contributed by atoms with van der Waals surface area (Å²) in [6.45, 7) is 1.33. The molecule has 0 heterocycles. The van der Waals surface area contributed by atoms with Crippen LogP contribution in [-0.2, 0) is 4.79 Å². The van der Waals surface area contributed by atoms with Crippen LogP contribution in [0.3, 0.4) is 0 Å². The van der Waals surface area contributed by atoms with Crippen molar-refractivity contribution in [3.05, 3.63) is 29.6 Å². The van der Waals surface area contributed by atoms with Gasteiger partial charge in [-0.1, -0.05) is 0 Å². The summed E-state index contributed by atoms with van der Waals surface area (Å²) in [5.41, 5.74) is -0.371. The molecular weight excluding hydrogens is 310 g/mol. The van der Waals surface area contributed by atoms with Gasteiger partial charge in [0.15, 0.2) is 0 Å². The number of aliphatic hydroxyl groups excluding tert-OH is 2. The maximum absolute atomic E-state index is 13.7. The minimum atomic E-state index is -4.95. The van der Waals surface area contributed by atoms with Gasteiger partial charge in [0.25, 0.3) is 0 Å². The topological polar surface area (TPSA) is 78.8 Å². The first-order chi connectivity index (χ1) is 10.1. The van der Waals surface area contributed by atoms with E-state index >= 15 is 0 Å². The fourth-order valence-electron chi connectivity index (χ4n) is 1.71. The predicted molar refractivity (Wildman–Crippen MR) is 67.4 cm³/mol. The van der Waals surface area contributed by atoms with Gasteiger partial charge >= 0.3 is 6.36 Å². The van der Waals surface area contributed by atoms with Crippen molar-refractivity contribution in [3.63, 3.8) is 0 Å². The van der Waals surface area contributed by atoms with Crippen LogP contribution in [0.25, 0.3) is 0 Å². The summed E-state index contributed by atoms with van der Waals surface area (Å²) in [4.78, 5) is 10.6. The Morgan fingerprint density at radius 2 is 2.00 bits per heavy atom. The van der Waals surface area contributed by atoms with Crippen LogP contribution >= 0.6 is 0 Å². The summed E-state index contributed by atoms with van der Waals surface area (Å²) < 4.78 is 53.2. The van der Waals surface area contributed by atoms with Crippen molar-refractivity contribution in [2.45, 2.75) is 31.9 Å². The molecule has 0 saturated heterocycles. The Kier molecular flexibility index (Phi) is 6.12. The van der Waals surface area contributed by atoms with Gasteiger partial charge in [-0.3, -0.25) is 4.79 Å². The van der Waals surface area contributed by atoms with E-state index in [9.17, 15) is 32.6 Å². The number of ether oxygens (including phenoxy) is 1. The summed E-state index contributed by atoms with van der Waals surface area (Å²) in [6.07, 6.45) is -8.05. The Balaban J connectivity index is 2.73. The van der Waals surface area contributed by atoms with Gasteiger partial charge in [0.05, 0.1) is 6.10 Å². The minimum absolute atomic E-state index is 0.0546. The monoisotopic (exact) mass is 325 g/mol. The van der Waals surface area contributed by atoms with Gasteiger partial charge in [-0.15, -0.1) is 13.2 Å². The lowest BCUT2D eigenvalue weighted by Crippen LogP contribution is -2.28. The van der Waals surface area contributed by atoms with Crippen LogP contribution in [0.5, 0.6) is 5.75 Å². The highest BCUT2D eigenvalue weighted by molar-refractivity contribution is 5.72. The molecule has 124 valence electrons. The molecule has 0 aliphatic carbocycles. The zero-order valence-electron chi connectivity index (χ0n) is 11.5. The molecule has 1 aromatic rings. The quantitative estimate of drug-likeness (QED) is 0.695. The van der Waals surface area contributed by atoms with E-state index in [0.29, 0.717) is 6.07 Å². The first-order valence-electron chi connectivity index (χ1n) is 6.26. The van der Waals surface area contributed by atoms with Crippen LogP contribution in [-0.4, -0.2) is 35.1 Å².